The summed E-state index contributed by atoms with van der Waals surface area (Å²) in [5.74, 6) is 0.719. The highest BCUT2D eigenvalue weighted by Gasteiger charge is 2.19. The van der Waals surface area contributed by atoms with Gasteiger partial charge in [0.15, 0.2) is 5.82 Å². The van der Waals surface area contributed by atoms with Crippen molar-refractivity contribution < 1.29 is 9.90 Å². The summed E-state index contributed by atoms with van der Waals surface area (Å²) in [6.45, 7) is 3.71. The highest BCUT2D eigenvalue weighted by molar-refractivity contribution is 6.08. The molecular weight excluding hydrogens is 438 g/mol. The average molecular weight is 468 g/mol. The summed E-state index contributed by atoms with van der Waals surface area (Å²) < 4.78 is 4.43. The lowest BCUT2D eigenvalue weighted by molar-refractivity contribution is 0.0697. The van der Waals surface area contributed by atoms with Crippen molar-refractivity contribution in [2.24, 2.45) is 0 Å². The van der Waals surface area contributed by atoms with Gasteiger partial charge in [-0.1, -0.05) is 37.6 Å². The molecule has 35 heavy (non-hydrogen) atoms. The fourth-order valence-corrected chi connectivity index (χ4v) is 4.56. The number of fused-ring (bicyclic) bond motifs is 3. The summed E-state index contributed by atoms with van der Waals surface area (Å²) in [6.07, 6.45) is 7.13. The number of hydrogen-bond donors (Lipinski definition) is 2. The number of rotatable bonds is 9. The molecule has 0 saturated carbocycles. The first-order valence-electron chi connectivity index (χ1n) is 12.0. The summed E-state index contributed by atoms with van der Waals surface area (Å²) >= 11 is 0. The molecule has 0 aliphatic carbocycles. The van der Waals surface area contributed by atoms with E-state index in [1.807, 2.05) is 25.2 Å². The molecule has 0 aliphatic heterocycles. The first-order chi connectivity index (χ1) is 17.1. The molecule has 178 valence electrons. The topological polar surface area (TPSA) is 85.0 Å². The number of aromatic nitrogens is 4. The van der Waals surface area contributed by atoms with Crippen LogP contribution >= 0.6 is 0 Å². The van der Waals surface area contributed by atoms with Crippen LogP contribution in [0.15, 0.2) is 67.0 Å². The molecule has 7 nitrogen and oxygen atoms in total. The lowest BCUT2D eigenvalue weighted by Crippen LogP contribution is -2.06. The first-order valence-corrected chi connectivity index (χ1v) is 12.0. The SMILES string of the molecule is CCCCc1nc2c(NC)nc3cc(C(=O)O)ccc3c2n1Cc1ccc(Cn2cccc2)cc1. The van der Waals surface area contributed by atoms with Crippen molar-refractivity contribution >= 4 is 33.7 Å². The Hall–Kier alpha value is -4.13. The predicted molar refractivity (Wildman–Crippen MR) is 139 cm³/mol. The van der Waals surface area contributed by atoms with Crippen LogP contribution in [0.25, 0.3) is 21.9 Å². The fourth-order valence-electron chi connectivity index (χ4n) is 4.56. The number of carboxylic acid groups (broad SMARTS) is 1. The third-order valence-corrected chi connectivity index (χ3v) is 6.39. The Kier molecular flexibility index (Phi) is 6.23. The minimum atomic E-state index is -0.961. The van der Waals surface area contributed by atoms with Crippen molar-refractivity contribution in [3.8, 4) is 0 Å². The second kappa shape index (κ2) is 9.62. The average Bonchev–Trinajstić information content (AvgIpc) is 3.51. The maximum atomic E-state index is 11.6. The Labute approximate surface area is 204 Å². The Morgan fingerprint density at radius 3 is 2.37 bits per heavy atom. The number of carbonyl (C=O) groups is 1. The number of nitrogens with zero attached hydrogens (tertiary/aromatic N) is 4. The number of aryl methyl sites for hydroxylation is 1. The van der Waals surface area contributed by atoms with E-state index in [4.69, 9.17) is 9.97 Å². The van der Waals surface area contributed by atoms with E-state index in [9.17, 15) is 9.90 Å². The van der Waals surface area contributed by atoms with Gasteiger partial charge in [0, 0.05) is 44.3 Å². The van der Waals surface area contributed by atoms with Gasteiger partial charge in [0.1, 0.15) is 11.3 Å². The number of nitrogens with one attached hydrogen (secondary N) is 1. The van der Waals surface area contributed by atoms with Crippen LogP contribution in [0.1, 0.15) is 47.1 Å². The van der Waals surface area contributed by atoms with Gasteiger partial charge in [0.2, 0.25) is 0 Å². The number of imidazole rings is 1. The van der Waals surface area contributed by atoms with Crippen LogP contribution in [-0.2, 0) is 19.5 Å². The van der Waals surface area contributed by atoms with Gasteiger partial charge in [-0.05, 0) is 47.9 Å². The zero-order valence-electron chi connectivity index (χ0n) is 20.0. The molecule has 5 aromatic rings. The van der Waals surface area contributed by atoms with Gasteiger partial charge < -0.3 is 19.6 Å². The number of hydrogen-bond acceptors (Lipinski definition) is 4. The van der Waals surface area contributed by atoms with E-state index in [0.717, 1.165) is 48.1 Å². The Morgan fingerprint density at radius 1 is 1.00 bits per heavy atom. The molecule has 3 heterocycles. The number of carboxylic acids is 1. The predicted octanol–water partition coefficient (Wildman–Crippen LogP) is 5.57. The van der Waals surface area contributed by atoms with Crippen LogP contribution in [0, 0.1) is 0 Å². The van der Waals surface area contributed by atoms with E-state index in [2.05, 4.69) is 58.0 Å². The summed E-state index contributed by atoms with van der Waals surface area (Å²) in [5.41, 5.74) is 5.11. The largest absolute Gasteiger partial charge is 0.478 e. The van der Waals surface area contributed by atoms with Crippen molar-refractivity contribution in [1.29, 1.82) is 0 Å². The van der Waals surface area contributed by atoms with Crippen LogP contribution in [0.2, 0.25) is 0 Å². The van der Waals surface area contributed by atoms with E-state index in [0.29, 0.717) is 17.9 Å². The Bertz CT molecular complexity index is 1480. The normalized spacial score (nSPS) is 11.4. The van der Waals surface area contributed by atoms with Gasteiger partial charge in [0.05, 0.1) is 16.6 Å². The fraction of sp³-hybridized carbons (Fsp3) is 0.250. The van der Waals surface area contributed by atoms with E-state index in [1.54, 1.807) is 12.1 Å². The molecule has 0 unspecified atom stereocenters. The smallest absolute Gasteiger partial charge is 0.335 e. The van der Waals surface area contributed by atoms with Crippen molar-refractivity contribution in [2.45, 2.75) is 39.3 Å². The summed E-state index contributed by atoms with van der Waals surface area (Å²) in [7, 11) is 1.82. The lowest BCUT2D eigenvalue weighted by atomic mass is 10.1. The molecule has 0 atom stereocenters. The van der Waals surface area contributed by atoms with E-state index in [1.165, 1.54) is 11.1 Å². The van der Waals surface area contributed by atoms with E-state index < -0.39 is 5.97 Å². The molecule has 2 aromatic carbocycles. The zero-order valence-corrected chi connectivity index (χ0v) is 20.0. The zero-order chi connectivity index (χ0) is 24.4. The molecule has 0 amide bonds. The molecule has 7 heteroatoms. The number of pyridine rings is 1. The van der Waals surface area contributed by atoms with Crippen LogP contribution < -0.4 is 5.32 Å². The third kappa shape index (κ3) is 4.49. The van der Waals surface area contributed by atoms with Gasteiger partial charge in [-0.15, -0.1) is 0 Å². The molecule has 0 saturated heterocycles. The first kappa shape index (κ1) is 22.7. The van der Waals surface area contributed by atoms with E-state index in [-0.39, 0.29) is 5.56 Å². The molecule has 3 aromatic heterocycles. The second-order valence-electron chi connectivity index (χ2n) is 8.83. The van der Waals surface area contributed by atoms with E-state index >= 15 is 0 Å². The minimum absolute atomic E-state index is 0.224. The molecular formula is C28H29N5O2. The standard InChI is InChI=1S/C28H29N5O2/c1-3-4-7-24-31-25-26(22-13-12-21(28(34)35)16-23(22)30-27(25)29-2)33(24)18-20-10-8-19(9-11-20)17-32-14-5-6-15-32/h5-6,8-16H,3-4,7,17-18H2,1-2H3,(H,29,30)(H,34,35). The number of benzene rings is 2. The minimum Gasteiger partial charge on any atom is -0.478 e. The number of unbranched alkanes of at least 4 members (excludes halogenated alkanes) is 1. The molecule has 0 bridgehead atoms. The highest BCUT2D eigenvalue weighted by atomic mass is 16.4. The molecule has 5 rings (SSSR count). The van der Waals surface area contributed by atoms with Crippen LogP contribution in [0.4, 0.5) is 5.82 Å². The van der Waals surface area contributed by atoms with Crippen LogP contribution in [0.3, 0.4) is 0 Å². The van der Waals surface area contributed by atoms with Gasteiger partial charge in [-0.3, -0.25) is 0 Å². The van der Waals surface area contributed by atoms with Crippen molar-refractivity contribution in [2.75, 3.05) is 12.4 Å². The van der Waals surface area contributed by atoms with Crippen molar-refractivity contribution in [1.82, 2.24) is 19.1 Å². The molecule has 0 spiro atoms. The maximum Gasteiger partial charge on any atom is 0.335 e. The summed E-state index contributed by atoms with van der Waals surface area (Å²) in [4.78, 5) is 21.3. The van der Waals surface area contributed by atoms with Crippen molar-refractivity contribution in [3.63, 3.8) is 0 Å². The number of aromatic carboxylic acids is 1. The van der Waals surface area contributed by atoms with Gasteiger partial charge in [-0.25, -0.2) is 14.8 Å². The molecule has 0 fully saturated rings. The second-order valence-corrected chi connectivity index (χ2v) is 8.83. The quantitative estimate of drug-likeness (QED) is 0.296. The molecule has 2 N–H and O–H groups in total. The van der Waals surface area contributed by atoms with Crippen LogP contribution in [0.5, 0.6) is 0 Å². The highest BCUT2D eigenvalue weighted by Crippen LogP contribution is 2.32. The lowest BCUT2D eigenvalue weighted by Gasteiger charge is -2.13. The van der Waals surface area contributed by atoms with Gasteiger partial charge >= 0.3 is 5.97 Å². The van der Waals surface area contributed by atoms with Gasteiger partial charge in [0.25, 0.3) is 0 Å². The molecule has 0 aliphatic rings. The summed E-state index contributed by atoms with van der Waals surface area (Å²) in [6, 6.07) is 17.9. The summed E-state index contributed by atoms with van der Waals surface area (Å²) in [5, 5.41) is 13.5. The van der Waals surface area contributed by atoms with Crippen LogP contribution in [-0.4, -0.2) is 37.2 Å². The van der Waals surface area contributed by atoms with Crippen molar-refractivity contribution in [3.05, 3.63) is 89.5 Å². The Morgan fingerprint density at radius 2 is 1.71 bits per heavy atom. The Balaban J connectivity index is 1.61. The maximum absolute atomic E-state index is 11.6. The third-order valence-electron chi connectivity index (χ3n) is 6.39. The van der Waals surface area contributed by atoms with Gasteiger partial charge in [-0.2, -0.15) is 0 Å². The monoisotopic (exact) mass is 467 g/mol. The molecule has 0 radical (unpaired) electrons. The number of anilines is 1.